The Hall–Kier alpha value is -2.94. The molecule has 1 saturated heterocycles. The summed E-state index contributed by atoms with van der Waals surface area (Å²) in [5.41, 5.74) is 4.11. The van der Waals surface area contributed by atoms with Gasteiger partial charge in [-0.2, -0.15) is 0 Å². The fourth-order valence-electron chi connectivity index (χ4n) is 3.94. The third-order valence-electron chi connectivity index (χ3n) is 6.00. The minimum absolute atomic E-state index is 0.0996. The number of methoxy groups -OCH3 is 2. The van der Waals surface area contributed by atoms with E-state index in [0.717, 1.165) is 59.3 Å². The third-order valence-corrected chi connectivity index (χ3v) is 7.21. The number of anilines is 1. The van der Waals surface area contributed by atoms with Crippen molar-refractivity contribution in [3.63, 3.8) is 0 Å². The Morgan fingerprint density at radius 3 is 2.56 bits per heavy atom. The molecule has 8 heteroatoms. The van der Waals surface area contributed by atoms with Gasteiger partial charge in [-0.15, -0.1) is 0 Å². The molecule has 1 aliphatic rings. The molecule has 1 aromatic heterocycles. The van der Waals surface area contributed by atoms with Gasteiger partial charge in [0.05, 0.1) is 37.6 Å². The molecule has 1 aliphatic heterocycles. The Morgan fingerprint density at radius 1 is 1.12 bits per heavy atom. The van der Waals surface area contributed by atoms with Gasteiger partial charge in [0.2, 0.25) is 0 Å². The number of morpholine rings is 1. The van der Waals surface area contributed by atoms with E-state index in [1.54, 1.807) is 42.6 Å². The number of amides is 1. The first-order valence-electron chi connectivity index (χ1n) is 11.4. The number of fused-ring (bicyclic) bond motifs is 1. The van der Waals surface area contributed by atoms with Crippen LogP contribution in [0, 0.1) is 13.8 Å². The summed E-state index contributed by atoms with van der Waals surface area (Å²) in [6.45, 7) is 8.69. The van der Waals surface area contributed by atoms with Gasteiger partial charge in [0.25, 0.3) is 5.91 Å². The maximum absolute atomic E-state index is 13.4. The molecule has 0 unspecified atom stereocenters. The van der Waals surface area contributed by atoms with Crippen LogP contribution in [-0.2, 0) is 9.53 Å². The molecule has 180 valence electrons. The summed E-state index contributed by atoms with van der Waals surface area (Å²) in [4.78, 5) is 22.4. The van der Waals surface area contributed by atoms with Gasteiger partial charge in [-0.05, 0) is 48.7 Å². The lowest BCUT2D eigenvalue weighted by Crippen LogP contribution is -2.42. The SMILES string of the molecule is COc1ccc(/C=C/C(=O)N(CCN2CCOCC2)c2nc3c(C)ccc(C)c3s2)cc1OC. The fraction of sp³-hybridized carbons (Fsp3) is 0.385. The van der Waals surface area contributed by atoms with Crippen molar-refractivity contribution in [1.29, 1.82) is 0 Å². The van der Waals surface area contributed by atoms with E-state index >= 15 is 0 Å². The van der Waals surface area contributed by atoms with Gasteiger partial charge in [0.1, 0.15) is 0 Å². The highest BCUT2D eigenvalue weighted by molar-refractivity contribution is 7.22. The maximum atomic E-state index is 13.4. The van der Waals surface area contributed by atoms with Crippen molar-refractivity contribution in [3.8, 4) is 11.5 Å². The number of ether oxygens (including phenoxy) is 3. The highest BCUT2D eigenvalue weighted by atomic mass is 32.1. The van der Waals surface area contributed by atoms with Gasteiger partial charge in [0, 0.05) is 32.3 Å². The molecular weight excluding hydrogens is 450 g/mol. The number of carbonyl (C=O) groups is 1. The molecule has 0 atom stereocenters. The zero-order valence-corrected chi connectivity index (χ0v) is 21.0. The van der Waals surface area contributed by atoms with Crippen molar-refractivity contribution in [2.24, 2.45) is 0 Å². The van der Waals surface area contributed by atoms with Crippen molar-refractivity contribution in [2.45, 2.75) is 13.8 Å². The molecule has 7 nitrogen and oxygen atoms in total. The lowest BCUT2D eigenvalue weighted by atomic mass is 10.1. The number of aryl methyl sites for hydroxylation is 2. The Balaban J connectivity index is 1.60. The van der Waals surface area contributed by atoms with Crippen LogP contribution >= 0.6 is 11.3 Å². The van der Waals surface area contributed by atoms with Crippen molar-refractivity contribution in [3.05, 3.63) is 53.1 Å². The van der Waals surface area contributed by atoms with E-state index in [2.05, 4.69) is 30.9 Å². The second-order valence-corrected chi connectivity index (χ2v) is 9.24. The van der Waals surface area contributed by atoms with Gasteiger partial charge in [0.15, 0.2) is 16.6 Å². The molecule has 0 saturated carbocycles. The molecule has 34 heavy (non-hydrogen) atoms. The van der Waals surface area contributed by atoms with Crippen LogP contribution in [0.15, 0.2) is 36.4 Å². The normalized spacial score (nSPS) is 14.6. The Kier molecular flexibility index (Phi) is 7.82. The smallest absolute Gasteiger partial charge is 0.252 e. The number of carbonyl (C=O) groups excluding carboxylic acids is 1. The summed E-state index contributed by atoms with van der Waals surface area (Å²) in [5.74, 6) is 1.18. The molecule has 0 N–H and O–H groups in total. The number of thiazole rings is 1. The average molecular weight is 482 g/mol. The largest absolute Gasteiger partial charge is 0.493 e. The minimum atomic E-state index is -0.0996. The van der Waals surface area contributed by atoms with Crippen molar-refractivity contribution < 1.29 is 19.0 Å². The molecule has 2 aromatic carbocycles. The summed E-state index contributed by atoms with van der Waals surface area (Å²) < 4.78 is 17.3. The molecule has 0 aliphatic carbocycles. The van der Waals surface area contributed by atoms with Crippen molar-refractivity contribution in [1.82, 2.24) is 9.88 Å². The Morgan fingerprint density at radius 2 is 1.85 bits per heavy atom. The number of nitrogens with zero attached hydrogens (tertiary/aromatic N) is 3. The quantitative estimate of drug-likeness (QED) is 0.447. The van der Waals surface area contributed by atoms with E-state index in [1.807, 2.05) is 18.2 Å². The first-order chi connectivity index (χ1) is 16.5. The fourth-order valence-corrected chi connectivity index (χ4v) is 5.09. The number of benzene rings is 2. The van der Waals surface area contributed by atoms with E-state index in [-0.39, 0.29) is 5.91 Å². The molecule has 0 bridgehead atoms. The lowest BCUT2D eigenvalue weighted by molar-refractivity contribution is -0.114. The van der Waals surface area contributed by atoms with Gasteiger partial charge < -0.3 is 14.2 Å². The monoisotopic (exact) mass is 481 g/mol. The van der Waals surface area contributed by atoms with Gasteiger partial charge in [-0.25, -0.2) is 4.98 Å². The van der Waals surface area contributed by atoms with E-state index in [4.69, 9.17) is 19.2 Å². The molecule has 3 aromatic rings. The Labute approximate surface area is 204 Å². The van der Waals surface area contributed by atoms with E-state index in [1.165, 1.54) is 5.56 Å². The topological polar surface area (TPSA) is 64.1 Å². The number of hydrogen-bond acceptors (Lipinski definition) is 7. The second-order valence-electron chi connectivity index (χ2n) is 8.27. The standard InChI is InChI=1S/C26H31N3O4S/c1-18-5-6-19(2)25-24(18)27-26(34-25)29(12-11-28-13-15-33-16-14-28)23(30)10-8-20-7-9-21(31-3)22(17-20)32-4/h5-10,17H,11-16H2,1-4H3/b10-8+. The molecule has 4 rings (SSSR count). The maximum Gasteiger partial charge on any atom is 0.252 e. The molecule has 2 heterocycles. The predicted octanol–water partition coefficient (Wildman–Crippen LogP) is 4.31. The van der Waals surface area contributed by atoms with E-state index in [0.29, 0.717) is 18.0 Å². The van der Waals surface area contributed by atoms with Crippen LogP contribution in [-0.4, -0.2) is 69.4 Å². The Bertz CT molecular complexity index is 1150. The van der Waals surface area contributed by atoms with Crippen molar-refractivity contribution >= 4 is 38.7 Å². The van der Waals surface area contributed by atoms with Crippen LogP contribution in [0.4, 0.5) is 5.13 Å². The number of aromatic nitrogens is 1. The highest BCUT2D eigenvalue weighted by Crippen LogP contribution is 2.33. The van der Waals surface area contributed by atoms with Gasteiger partial charge >= 0.3 is 0 Å². The van der Waals surface area contributed by atoms with E-state index < -0.39 is 0 Å². The molecule has 1 fully saturated rings. The summed E-state index contributed by atoms with van der Waals surface area (Å²) in [6, 6.07) is 9.77. The van der Waals surface area contributed by atoms with Crippen LogP contribution in [0.25, 0.3) is 16.3 Å². The highest BCUT2D eigenvalue weighted by Gasteiger charge is 2.21. The molecule has 1 amide bonds. The number of rotatable bonds is 8. The third kappa shape index (κ3) is 5.41. The number of hydrogen-bond donors (Lipinski definition) is 0. The lowest BCUT2D eigenvalue weighted by Gasteiger charge is -2.28. The molecule has 0 radical (unpaired) electrons. The van der Waals surface area contributed by atoms with Crippen LogP contribution in [0.5, 0.6) is 11.5 Å². The van der Waals surface area contributed by atoms with Crippen LogP contribution in [0.2, 0.25) is 0 Å². The summed E-state index contributed by atoms with van der Waals surface area (Å²) in [6.07, 6.45) is 3.40. The average Bonchev–Trinajstić information content (AvgIpc) is 3.32. The predicted molar refractivity (Wildman–Crippen MR) is 137 cm³/mol. The molecule has 0 spiro atoms. The first kappa shape index (κ1) is 24.2. The van der Waals surface area contributed by atoms with Gasteiger partial charge in [-0.3, -0.25) is 14.6 Å². The van der Waals surface area contributed by atoms with Crippen molar-refractivity contribution in [2.75, 3.05) is 58.5 Å². The zero-order chi connectivity index (χ0) is 24.1. The molecular formula is C26H31N3O4S. The van der Waals surface area contributed by atoms with Crippen LogP contribution in [0.1, 0.15) is 16.7 Å². The van der Waals surface area contributed by atoms with Gasteiger partial charge in [-0.1, -0.05) is 29.5 Å². The van der Waals surface area contributed by atoms with Crippen LogP contribution in [0.3, 0.4) is 0 Å². The van der Waals surface area contributed by atoms with E-state index in [9.17, 15) is 4.79 Å². The summed E-state index contributed by atoms with van der Waals surface area (Å²) in [5, 5.41) is 0.725. The minimum Gasteiger partial charge on any atom is -0.493 e. The van der Waals surface area contributed by atoms with Crippen LogP contribution < -0.4 is 14.4 Å². The second kappa shape index (κ2) is 11.0. The summed E-state index contributed by atoms with van der Waals surface area (Å²) >= 11 is 1.57. The summed E-state index contributed by atoms with van der Waals surface area (Å²) in [7, 11) is 3.20. The zero-order valence-electron chi connectivity index (χ0n) is 20.2. The first-order valence-corrected chi connectivity index (χ1v) is 12.2.